The number of nitrogens with one attached hydrogen (secondary N) is 1. The average Bonchev–Trinajstić information content (AvgIpc) is 3.33. The molecule has 6 heteroatoms. The van der Waals surface area contributed by atoms with Crippen molar-refractivity contribution in [1.29, 1.82) is 0 Å². The molecule has 0 saturated carbocycles. The van der Waals surface area contributed by atoms with Gasteiger partial charge in [0.1, 0.15) is 11.4 Å². The van der Waals surface area contributed by atoms with Gasteiger partial charge in [-0.05, 0) is 67.1 Å². The van der Waals surface area contributed by atoms with E-state index in [1.54, 1.807) is 0 Å². The van der Waals surface area contributed by atoms with E-state index in [0.29, 0.717) is 29.3 Å². The molecular formula is C25H24N2O3S. The van der Waals surface area contributed by atoms with Gasteiger partial charge in [-0.2, -0.15) is 0 Å². The zero-order chi connectivity index (χ0) is 22.0. The Morgan fingerprint density at radius 2 is 1.74 bits per heavy atom. The molecule has 0 bridgehead atoms. The van der Waals surface area contributed by atoms with Crippen LogP contribution in [0.1, 0.15) is 29.3 Å². The summed E-state index contributed by atoms with van der Waals surface area (Å²) in [5.74, 6) is 0.0321. The van der Waals surface area contributed by atoms with E-state index in [-0.39, 0.29) is 17.5 Å². The normalized spacial score (nSPS) is 13.8. The summed E-state index contributed by atoms with van der Waals surface area (Å²) >= 11 is 1.44. The lowest BCUT2D eigenvalue weighted by atomic mass is 10.1. The first-order valence-electron chi connectivity index (χ1n) is 10.2. The molecule has 3 aromatic rings. The molecule has 0 radical (unpaired) electrons. The van der Waals surface area contributed by atoms with E-state index in [2.05, 4.69) is 5.32 Å². The monoisotopic (exact) mass is 432 g/mol. The second kappa shape index (κ2) is 8.78. The van der Waals surface area contributed by atoms with Crippen molar-refractivity contribution in [3.05, 3.63) is 81.7 Å². The molecule has 2 amide bonds. The van der Waals surface area contributed by atoms with Gasteiger partial charge in [-0.3, -0.25) is 9.59 Å². The van der Waals surface area contributed by atoms with E-state index < -0.39 is 0 Å². The van der Waals surface area contributed by atoms with Gasteiger partial charge in [-0.1, -0.05) is 25.1 Å². The molecular weight excluding hydrogens is 408 g/mol. The van der Waals surface area contributed by atoms with Crippen LogP contribution in [0.2, 0.25) is 0 Å². The maximum Gasteiger partial charge on any atom is 0.282 e. The Morgan fingerprint density at radius 1 is 0.968 bits per heavy atom. The molecule has 1 aliphatic heterocycles. The molecule has 2 aromatic carbocycles. The third-order valence-corrected chi connectivity index (χ3v) is 5.78. The van der Waals surface area contributed by atoms with Gasteiger partial charge < -0.3 is 10.1 Å². The van der Waals surface area contributed by atoms with Crippen molar-refractivity contribution in [3.8, 4) is 5.75 Å². The number of hydrogen-bond acceptors (Lipinski definition) is 5. The Bertz CT molecular complexity index is 1150. The first-order chi connectivity index (χ1) is 15.0. The van der Waals surface area contributed by atoms with Gasteiger partial charge in [-0.25, -0.2) is 4.90 Å². The standard InChI is InChI=1S/C25H24N2O3S/c1-4-10-30-20-8-5-7-18(15-20)26-23-22(21-9-6-11-31-21)24(28)27(25(23)29)19-13-16(2)12-17(3)14-19/h5-9,11-15,26H,4,10H2,1-3H3. The number of anilines is 2. The first-order valence-corrected chi connectivity index (χ1v) is 11.1. The maximum atomic E-state index is 13.5. The summed E-state index contributed by atoms with van der Waals surface area (Å²) in [6.45, 7) is 6.57. The van der Waals surface area contributed by atoms with Crippen LogP contribution >= 0.6 is 11.3 Å². The summed E-state index contributed by atoms with van der Waals surface area (Å²) in [6, 6.07) is 16.9. The molecule has 0 spiro atoms. The van der Waals surface area contributed by atoms with Crippen LogP contribution in [0, 0.1) is 13.8 Å². The Balaban J connectivity index is 1.74. The number of carbonyl (C=O) groups is 2. The molecule has 0 saturated heterocycles. The van der Waals surface area contributed by atoms with Crippen molar-refractivity contribution >= 4 is 40.1 Å². The molecule has 2 heterocycles. The van der Waals surface area contributed by atoms with Crippen LogP contribution in [0.3, 0.4) is 0 Å². The minimum atomic E-state index is -0.363. The van der Waals surface area contributed by atoms with Crippen molar-refractivity contribution < 1.29 is 14.3 Å². The summed E-state index contributed by atoms with van der Waals surface area (Å²) in [5, 5.41) is 5.10. The molecule has 1 aliphatic rings. The zero-order valence-electron chi connectivity index (χ0n) is 17.8. The van der Waals surface area contributed by atoms with Crippen LogP contribution in [-0.4, -0.2) is 18.4 Å². The number of amides is 2. The van der Waals surface area contributed by atoms with E-state index in [4.69, 9.17) is 4.74 Å². The molecule has 5 nitrogen and oxygen atoms in total. The first kappa shape index (κ1) is 20.9. The Morgan fingerprint density at radius 3 is 2.42 bits per heavy atom. The number of thiophene rings is 1. The smallest absolute Gasteiger partial charge is 0.282 e. The summed E-state index contributed by atoms with van der Waals surface area (Å²) in [6.07, 6.45) is 0.906. The van der Waals surface area contributed by atoms with E-state index in [1.807, 2.05) is 80.7 Å². The van der Waals surface area contributed by atoms with Crippen LogP contribution < -0.4 is 15.0 Å². The second-order valence-electron chi connectivity index (χ2n) is 7.52. The Labute approximate surface area is 186 Å². The fourth-order valence-corrected chi connectivity index (χ4v) is 4.41. The molecule has 0 atom stereocenters. The van der Waals surface area contributed by atoms with Crippen LogP contribution in [0.25, 0.3) is 5.57 Å². The molecule has 4 rings (SSSR count). The molecule has 0 fully saturated rings. The number of rotatable bonds is 7. The van der Waals surface area contributed by atoms with E-state index in [0.717, 1.165) is 22.4 Å². The lowest BCUT2D eigenvalue weighted by molar-refractivity contribution is -0.120. The summed E-state index contributed by atoms with van der Waals surface area (Å²) in [7, 11) is 0. The van der Waals surface area contributed by atoms with Crippen molar-refractivity contribution in [1.82, 2.24) is 0 Å². The van der Waals surface area contributed by atoms with E-state index in [1.165, 1.54) is 16.2 Å². The Hall–Kier alpha value is -3.38. The van der Waals surface area contributed by atoms with Gasteiger partial charge in [0.2, 0.25) is 0 Å². The number of imide groups is 1. The number of benzene rings is 2. The summed E-state index contributed by atoms with van der Waals surface area (Å²) in [5.41, 5.74) is 3.93. The van der Waals surface area contributed by atoms with Crippen LogP contribution in [0.5, 0.6) is 5.75 Å². The molecule has 31 heavy (non-hydrogen) atoms. The minimum Gasteiger partial charge on any atom is -0.494 e. The van der Waals surface area contributed by atoms with E-state index in [9.17, 15) is 9.59 Å². The van der Waals surface area contributed by atoms with Gasteiger partial charge in [-0.15, -0.1) is 11.3 Å². The highest BCUT2D eigenvalue weighted by Gasteiger charge is 2.40. The highest BCUT2D eigenvalue weighted by molar-refractivity contribution is 7.11. The van der Waals surface area contributed by atoms with E-state index >= 15 is 0 Å². The fraction of sp³-hybridized carbons (Fsp3) is 0.200. The van der Waals surface area contributed by atoms with Crippen molar-refractivity contribution in [2.45, 2.75) is 27.2 Å². The zero-order valence-corrected chi connectivity index (χ0v) is 18.6. The van der Waals surface area contributed by atoms with Gasteiger partial charge in [0.15, 0.2) is 0 Å². The largest absolute Gasteiger partial charge is 0.494 e. The van der Waals surface area contributed by atoms with Crippen molar-refractivity contribution in [3.63, 3.8) is 0 Å². The minimum absolute atomic E-state index is 0.277. The third-order valence-electron chi connectivity index (χ3n) is 4.89. The van der Waals surface area contributed by atoms with Gasteiger partial charge in [0.25, 0.3) is 11.8 Å². The van der Waals surface area contributed by atoms with Crippen LogP contribution in [-0.2, 0) is 9.59 Å². The molecule has 158 valence electrons. The molecule has 1 N–H and O–H groups in total. The number of aryl methyl sites for hydroxylation is 2. The van der Waals surface area contributed by atoms with Gasteiger partial charge in [0, 0.05) is 16.6 Å². The SMILES string of the molecule is CCCOc1cccc(NC2=C(c3cccs3)C(=O)N(c3cc(C)cc(C)c3)C2=O)c1. The number of nitrogens with zero attached hydrogens (tertiary/aromatic N) is 1. The molecule has 1 aromatic heterocycles. The highest BCUT2D eigenvalue weighted by atomic mass is 32.1. The second-order valence-corrected chi connectivity index (χ2v) is 8.47. The third kappa shape index (κ3) is 4.25. The quantitative estimate of drug-likeness (QED) is 0.497. The lowest BCUT2D eigenvalue weighted by Crippen LogP contribution is -2.32. The summed E-state index contributed by atoms with van der Waals surface area (Å²) < 4.78 is 5.71. The van der Waals surface area contributed by atoms with Crippen LogP contribution in [0.15, 0.2) is 65.7 Å². The maximum absolute atomic E-state index is 13.5. The van der Waals surface area contributed by atoms with Gasteiger partial charge in [0.05, 0.1) is 17.9 Å². The molecule has 0 aliphatic carbocycles. The number of ether oxygens (including phenoxy) is 1. The van der Waals surface area contributed by atoms with Crippen LogP contribution in [0.4, 0.5) is 11.4 Å². The predicted octanol–water partition coefficient (Wildman–Crippen LogP) is 5.55. The predicted molar refractivity (Wildman–Crippen MR) is 125 cm³/mol. The molecule has 0 unspecified atom stereocenters. The Kier molecular flexibility index (Phi) is 5.91. The topological polar surface area (TPSA) is 58.6 Å². The summed E-state index contributed by atoms with van der Waals surface area (Å²) in [4.78, 5) is 28.9. The van der Waals surface area contributed by atoms with Gasteiger partial charge >= 0.3 is 0 Å². The fourth-order valence-electron chi connectivity index (χ4n) is 3.64. The number of hydrogen-bond donors (Lipinski definition) is 1. The van der Waals surface area contributed by atoms with Crippen molar-refractivity contribution in [2.75, 3.05) is 16.8 Å². The van der Waals surface area contributed by atoms with Crippen molar-refractivity contribution in [2.24, 2.45) is 0 Å². The average molecular weight is 433 g/mol. The highest BCUT2D eigenvalue weighted by Crippen LogP contribution is 2.36. The lowest BCUT2D eigenvalue weighted by Gasteiger charge is -2.17. The number of carbonyl (C=O) groups excluding carboxylic acids is 2.